The van der Waals surface area contributed by atoms with Gasteiger partial charge in [0, 0.05) is 11.8 Å². The zero-order valence-electron chi connectivity index (χ0n) is 11.2. The molecule has 0 unspecified atom stereocenters. The smallest absolute Gasteiger partial charge is 0.281 e. The molecule has 0 saturated heterocycles. The molecule has 10 heteroatoms. The van der Waals surface area contributed by atoms with Crippen molar-refractivity contribution in [2.45, 2.75) is 18.0 Å². The lowest BCUT2D eigenvalue weighted by Crippen LogP contribution is -2.06. The van der Waals surface area contributed by atoms with Gasteiger partial charge in [0.2, 0.25) is 0 Å². The third-order valence-corrected chi connectivity index (χ3v) is 4.71. The molecular weight excluding hydrogens is 364 g/mol. The topological polar surface area (TPSA) is 62.8 Å². The van der Waals surface area contributed by atoms with Crippen LogP contribution in [0.4, 0.5) is 13.2 Å². The van der Waals surface area contributed by atoms with Gasteiger partial charge in [0.25, 0.3) is 0 Å². The number of aromatic amines is 1. The first kappa shape index (κ1) is 17.1. The largest absolute Gasteiger partial charge is 0.416 e. The third-order valence-electron chi connectivity index (χ3n) is 2.87. The highest BCUT2D eigenvalue weighted by atomic mass is 35.5. The average molecular weight is 373 g/mol. The molecule has 0 spiro atoms. The molecule has 0 saturated carbocycles. The van der Waals surface area contributed by atoms with Crippen LogP contribution in [0.25, 0.3) is 11.3 Å². The lowest BCUT2D eigenvalue weighted by molar-refractivity contribution is -0.137. The molecule has 0 atom stereocenters. The highest BCUT2D eigenvalue weighted by Crippen LogP contribution is 2.42. The van der Waals surface area contributed by atoms with Crippen molar-refractivity contribution in [3.8, 4) is 11.3 Å². The van der Waals surface area contributed by atoms with Crippen LogP contribution in [0.5, 0.6) is 0 Å². The Balaban J connectivity index is 2.76. The van der Waals surface area contributed by atoms with Crippen molar-refractivity contribution < 1.29 is 21.6 Å². The number of alkyl halides is 3. The predicted molar refractivity (Wildman–Crippen MR) is 76.9 cm³/mol. The second kappa shape index (κ2) is 5.43. The van der Waals surface area contributed by atoms with E-state index in [1.165, 1.54) is 6.92 Å². The van der Waals surface area contributed by atoms with E-state index in [0.29, 0.717) is 12.1 Å². The SMILES string of the molecule is Cc1[nH]nc(-c2c(Cl)cc(C(F)(F)F)cc2Cl)c1S(C)(=O)=O. The molecule has 0 aliphatic carbocycles. The van der Waals surface area contributed by atoms with E-state index in [4.69, 9.17) is 23.2 Å². The van der Waals surface area contributed by atoms with E-state index in [2.05, 4.69) is 10.2 Å². The summed E-state index contributed by atoms with van der Waals surface area (Å²) in [7, 11) is -3.67. The molecule has 2 aromatic rings. The molecule has 1 aromatic carbocycles. The molecule has 0 bridgehead atoms. The molecule has 0 fully saturated rings. The van der Waals surface area contributed by atoms with E-state index in [9.17, 15) is 21.6 Å². The summed E-state index contributed by atoms with van der Waals surface area (Å²) >= 11 is 11.7. The van der Waals surface area contributed by atoms with Crippen molar-refractivity contribution in [2.24, 2.45) is 0 Å². The number of nitrogens with one attached hydrogen (secondary N) is 1. The summed E-state index contributed by atoms with van der Waals surface area (Å²) in [5.41, 5.74) is -0.964. The van der Waals surface area contributed by atoms with Crippen molar-refractivity contribution in [2.75, 3.05) is 6.26 Å². The van der Waals surface area contributed by atoms with Crippen molar-refractivity contribution in [3.63, 3.8) is 0 Å². The number of hydrogen-bond donors (Lipinski definition) is 1. The maximum Gasteiger partial charge on any atom is 0.416 e. The van der Waals surface area contributed by atoms with Crippen LogP contribution in [0.2, 0.25) is 10.0 Å². The number of rotatable bonds is 2. The Hall–Kier alpha value is -1.25. The lowest BCUT2D eigenvalue weighted by Gasteiger charge is -2.12. The van der Waals surface area contributed by atoms with Gasteiger partial charge in [-0.25, -0.2) is 8.42 Å². The first-order chi connectivity index (χ1) is 9.93. The number of nitrogens with zero attached hydrogens (tertiary/aromatic N) is 1. The maximum absolute atomic E-state index is 12.7. The van der Waals surface area contributed by atoms with E-state index in [1.54, 1.807) is 0 Å². The van der Waals surface area contributed by atoms with Crippen molar-refractivity contribution in [1.29, 1.82) is 0 Å². The van der Waals surface area contributed by atoms with Gasteiger partial charge >= 0.3 is 6.18 Å². The molecule has 0 aliphatic heterocycles. The zero-order valence-corrected chi connectivity index (χ0v) is 13.5. The van der Waals surface area contributed by atoms with Gasteiger partial charge in [-0.3, -0.25) is 5.10 Å². The summed E-state index contributed by atoms with van der Waals surface area (Å²) in [6.07, 6.45) is -3.66. The van der Waals surface area contributed by atoms with Gasteiger partial charge in [-0.05, 0) is 19.1 Å². The summed E-state index contributed by atoms with van der Waals surface area (Å²) in [5, 5.41) is 5.61. The summed E-state index contributed by atoms with van der Waals surface area (Å²) in [4.78, 5) is -0.156. The molecule has 1 N–H and O–H groups in total. The normalized spacial score (nSPS) is 12.7. The van der Waals surface area contributed by atoms with Gasteiger partial charge in [0.05, 0.1) is 21.3 Å². The highest BCUT2D eigenvalue weighted by Gasteiger charge is 2.33. The molecule has 1 aromatic heterocycles. The van der Waals surface area contributed by atoms with E-state index in [-0.39, 0.29) is 31.9 Å². The highest BCUT2D eigenvalue weighted by molar-refractivity contribution is 7.90. The van der Waals surface area contributed by atoms with Crippen molar-refractivity contribution >= 4 is 33.0 Å². The summed E-state index contributed by atoms with van der Waals surface area (Å²) < 4.78 is 61.8. The molecule has 4 nitrogen and oxygen atoms in total. The fourth-order valence-electron chi connectivity index (χ4n) is 2.01. The van der Waals surface area contributed by atoms with Crippen LogP contribution in [0.15, 0.2) is 17.0 Å². The van der Waals surface area contributed by atoms with Crippen LogP contribution in [0, 0.1) is 6.92 Å². The molecule has 0 aliphatic rings. The quantitative estimate of drug-likeness (QED) is 0.862. The minimum Gasteiger partial charge on any atom is -0.281 e. The number of hydrogen-bond acceptors (Lipinski definition) is 3. The molecule has 120 valence electrons. The number of H-pyrrole nitrogens is 1. The number of halogens is 5. The Morgan fingerprint density at radius 1 is 1.18 bits per heavy atom. The minimum atomic E-state index is -4.62. The minimum absolute atomic E-state index is 0.0684. The summed E-state index contributed by atoms with van der Waals surface area (Å²) in [5.74, 6) is 0. The van der Waals surface area contributed by atoms with Crippen LogP contribution >= 0.6 is 23.2 Å². The van der Waals surface area contributed by atoms with E-state index >= 15 is 0 Å². The number of aryl methyl sites for hydroxylation is 1. The Morgan fingerprint density at radius 2 is 1.68 bits per heavy atom. The zero-order chi connectivity index (χ0) is 16.9. The van der Waals surface area contributed by atoms with Gasteiger partial charge < -0.3 is 0 Å². The van der Waals surface area contributed by atoms with Crippen molar-refractivity contribution in [3.05, 3.63) is 33.4 Å². The summed E-state index contributed by atoms with van der Waals surface area (Å²) in [6.45, 7) is 1.47. The number of benzene rings is 1. The molecule has 1 heterocycles. The second-order valence-electron chi connectivity index (χ2n) is 4.61. The van der Waals surface area contributed by atoms with Gasteiger partial charge in [0.1, 0.15) is 10.6 Å². The predicted octanol–water partition coefficient (Wildman–Crippen LogP) is 4.11. The van der Waals surface area contributed by atoms with E-state index < -0.39 is 21.6 Å². The molecule has 22 heavy (non-hydrogen) atoms. The maximum atomic E-state index is 12.7. The van der Waals surface area contributed by atoms with Crippen molar-refractivity contribution in [1.82, 2.24) is 10.2 Å². The molecule has 2 rings (SSSR count). The van der Waals surface area contributed by atoms with Gasteiger partial charge in [-0.15, -0.1) is 0 Å². The lowest BCUT2D eigenvalue weighted by atomic mass is 10.1. The second-order valence-corrected chi connectivity index (χ2v) is 7.38. The first-order valence-electron chi connectivity index (χ1n) is 5.74. The van der Waals surface area contributed by atoms with Gasteiger partial charge in [-0.1, -0.05) is 23.2 Å². The fourth-order valence-corrected chi connectivity index (χ4v) is 3.77. The van der Waals surface area contributed by atoms with Crippen LogP contribution in [0.1, 0.15) is 11.3 Å². The Kier molecular flexibility index (Phi) is 4.23. The molecule has 0 amide bonds. The Bertz CT molecular complexity index is 822. The van der Waals surface area contributed by atoms with Crippen LogP contribution in [-0.4, -0.2) is 24.9 Å². The Morgan fingerprint density at radius 3 is 2.09 bits per heavy atom. The van der Waals surface area contributed by atoms with E-state index in [1.807, 2.05) is 0 Å². The molecule has 0 radical (unpaired) electrons. The standard InChI is InChI=1S/C12H9Cl2F3N2O2S/c1-5-11(22(2,20)21)10(19-18-5)9-7(13)3-6(4-8(9)14)12(15,16)17/h3-4H,1-2H3,(H,18,19). The van der Waals surface area contributed by atoms with Crippen LogP contribution in [0.3, 0.4) is 0 Å². The third kappa shape index (κ3) is 3.09. The average Bonchev–Trinajstić information content (AvgIpc) is 2.68. The Labute approximate surface area is 134 Å². The van der Waals surface area contributed by atoms with Gasteiger partial charge in [-0.2, -0.15) is 18.3 Å². The van der Waals surface area contributed by atoms with Gasteiger partial charge in [0.15, 0.2) is 9.84 Å². The molecular formula is C12H9Cl2F3N2O2S. The number of sulfone groups is 1. The van der Waals surface area contributed by atoms with E-state index in [0.717, 1.165) is 6.26 Å². The first-order valence-corrected chi connectivity index (χ1v) is 8.39. The van der Waals surface area contributed by atoms with Crippen LogP contribution < -0.4 is 0 Å². The van der Waals surface area contributed by atoms with Crippen LogP contribution in [-0.2, 0) is 16.0 Å². The number of aromatic nitrogens is 2. The monoisotopic (exact) mass is 372 g/mol. The fraction of sp³-hybridized carbons (Fsp3) is 0.250. The summed E-state index contributed by atoms with van der Waals surface area (Å²) in [6, 6.07) is 1.36.